The van der Waals surface area contributed by atoms with Crippen LogP contribution in [0.1, 0.15) is 13.3 Å². The SMILES string of the molecule is CC=C(CC(=O)OC)[N+](=O)[O-]. The summed E-state index contributed by atoms with van der Waals surface area (Å²) in [7, 11) is 1.19. The minimum atomic E-state index is -0.602. The zero-order valence-electron chi connectivity index (χ0n) is 6.36. The third kappa shape index (κ3) is 3.34. The fourth-order valence-corrected chi connectivity index (χ4v) is 0.492. The molecule has 5 nitrogen and oxygen atoms in total. The van der Waals surface area contributed by atoms with Crippen molar-refractivity contribution >= 4 is 5.97 Å². The largest absolute Gasteiger partial charge is 0.469 e. The molecule has 0 N–H and O–H groups in total. The molecule has 0 bridgehead atoms. The van der Waals surface area contributed by atoms with Crippen molar-refractivity contribution in [1.82, 2.24) is 0 Å². The Hall–Kier alpha value is -1.39. The first-order valence-corrected chi connectivity index (χ1v) is 2.98. The number of carbonyl (C=O) groups excluding carboxylic acids is 1. The third-order valence-corrected chi connectivity index (χ3v) is 1.12. The summed E-state index contributed by atoms with van der Waals surface area (Å²) < 4.78 is 4.25. The van der Waals surface area contributed by atoms with Crippen LogP contribution in [-0.4, -0.2) is 18.0 Å². The Kier molecular flexibility index (Phi) is 3.87. The summed E-state index contributed by atoms with van der Waals surface area (Å²) >= 11 is 0. The van der Waals surface area contributed by atoms with Crippen molar-refractivity contribution in [3.63, 3.8) is 0 Å². The molecule has 0 spiro atoms. The van der Waals surface area contributed by atoms with E-state index < -0.39 is 10.9 Å². The van der Waals surface area contributed by atoms with Gasteiger partial charge in [0.1, 0.15) is 6.42 Å². The smallest absolute Gasteiger partial charge is 0.316 e. The maximum absolute atomic E-state index is 10.5. The lowest BCUT2D eigenvalue weighted by Gasteiger charge is -1.95. The first kappa shape index (κ1) is 9.61. The molecule has 0 radical (unpaired) electrons. The molecule has 0 unspecified atom stereocenters. The van der Waals surface area contributed by atoms with Crippen molar-refractivity contribution < 1.29 is 14.5 Å². The molecule has 0 aromatic carbocycles. The molecule has 0 aliphatic carbocycles. The highest BCUT2D eigenvalue weighted by molar-refractivity contribution is 5.71. The van der Waals surface area contributed by atoms with E-state index in [9.17, 15) is 14.9 Å². The Balaban J connectivity index is 4.12. The normalized spacial score (nSPS) is 10.9. The molecule has 11 heavy (non-hydrogen) atoms. The van der Waals surface area contributed by atoms with E-state index in [4.69, 9.17) is 0 Å². The zero-order chi connectivity index (χ0) is 8.85. The van der Waals surface area contributed by atoms with Crippen molar-refractivity contribution in [1.29, 1.82) is 0 Å². The number of ether oxygens (including phenoxy) is 1. The summed E-state index contributed by atoms with van der Waals surface area (Å²) in [6.07, 6.45) is 0.997. The van der Waals surface area contributed by atoms with Gasteiger partial charge in [-0.2, -0.15) is 0 Å². The van der Waals surface area contributed by atoms with Crippen molar-refractivity contribution in [2.24, 2.45) is 0 Å². The fourth-order valence-electron chi connectivity index (χ4n) is 0.492. The molecule has 0 aromatic rings. The molecule has 0 aliphatic heterocycles. The number of hydrogen-bond acceptors (Lipinski definition) is 4. The summed E-state index contributed by atoms with van der Waals surface area (Å²) in [6.45, 7) is 1.50. The van der Waals surface area contributed by atoms with E-state index in [1.807, 2.05) is 0 Å². The lowest BCUT2D eigenvalue weighted by Crippen LogP contribution is -2.07. The number of nitrogens with zero attached hydrogens (tertiary/aromatic N) is 1. The van der Waals surface area contributed by atoms with Crippen molar-refractivity contribution in [2.45, 2.75) is 13.3 Å². The van der Waals surface area contributed by atoms with Gasteiger partial charge in [0.15, 0.2) is 0 Å². The summed E-state index contributed by atoms with van der Waals surface area (Å²) in [5, 5.41) is 10.1. The van der Waals surface area contributed by atoms with Crippen LogP contribution >= 0.6 is 0 Å². The number of rotatable bonds is 3. The highest BCUT2D eigenvalue weighted by Crippen LogP contribution is 2.02. The number of hydrogen-bond donors (Lipinski definition) is 0. The summed E-state index contributed by atoms with van der Waals surface area (Å²) in [5.41, 5.74) is -0.142. The van der Waals surface area contributed by atoms with Gasteiger partial charge in [0.05, 0.1) is 12.0 Å². The molecule has 0 atom stereocenters. The van der Waals surface area contributed by atoms with Gasteiger partial charge in [0.25, 0.3) is 5.70 Å². The first-order valence-electron chi connectivity index (χ1n) is 2.98. The second kappa shape index (κ2) is 4.43. The van der Waals surface area contributed by atoms with Crippen LogP contribution in [0.3, 0.4) is 0 Å². The molecule has 0 heterocycles. The predicted molar refractivity (Wildman–Crippen MR) is 37.4 cm³/mol. The Morgan fingerprint density at radius 2 is 2.27 bits per heavy atom. The quantitative estimate of drug-likeness (QED) is 0.346. The molecule has 0 amide bonds. The number of esters is 1. The number of carbonyl (C=O) groups is 1. The van der Waals surface area contributed by atoms with Gasteiger partial charge in [-0.25, -0.2) is 0 Å². The highest BCUT2D eigenvalue weighted by Gasteiger charge is 2.14. The van der Waals surface area contributed by atoms with Crippen LogP contribution in [-0.2, 0) is 9.53 Å². The monoisotopic (exact) mass is 159 g/mol. The Morgan fingerprint density at radius 3 is 2.55 bits per heavy atom. The van der Waals surface area contributed by atoms with Gasteiger partial charge in [0.2, 0.25) is 0 Å². The zero-order valence-corrected chi connectivity index (χ0v) is 6.36. The highest BCUT2D eigenvalue weighted by atomic mass is 16.6. The maximum atomic E-state index is 10.5. The second-order valence-corrected chi connectivity index (χ2v) is 1.79. The van der Waals surface area contributed by atoms with Gasteiger partial charge in [0, 0.05) is 0 Å². The maximum Gasteiger partial charge on any atom is 0.316 e. The second-order valence-electron chi connectivity index (χ2n) is 1.79. The molecule has 62 valence electrons. The van der Waals surface area contributed by atoms with E-state index in [1.165, 1.54) is 20.1 Å². The fraction of sp³-hybridized carbons (Fsp3) is 0.500. The van der Waals surface area contributed by atoms with Gasteiger partial charge in [-0.3, -0.25) is 14.9 Å². The van der Waals surface area contributed by atoms with E-state index in [-0.39, 0.29) is 12.1 Å². The standard InChI is InChI=1S/C6H9NO4/c1-3-5(7(9)10)4-6(8)11-2/h3H,4H2,1-2H3. The molecule has 5 heteroatoms. The van der Waals surface area contributed by atoms with E-state index in [1.54, 1.807) is 0 Å². The molecule has 0 saturated carbocycles. The van der Waals surface area contributed by atoms with Crippen LogP contribution in [0.2, 0.25) is 0 Å². The Morgan fingerprint density at radius 1 is 1.73 bits per heavy atom. The summed E-state index contributed by atoms with van der Waals surface area (Å²) in [5.74, 6) is -0.602. The molecule has 0 fully saturated rings. The van der Waals surface area contributed by atoms with E-state index in [0.29, 0.717) is 0 Å². The van der Waals surface area contributed by atoms with Crippen LogP contribution in [0.5, 0.6) is 0 Å². The van der Waals surface area contributed by atoms with Gasteiger partial charge >= 0.3 is 5.97 Å². The Labute approximate surface area is 63.8 Å². The van der Waals surface area contributed by atoms with Crippen LogP contribution in [0, 0.1) is 10.1 Å². The molecular formula is C6H9NO4. The van der Waals surface area contributed by atoms with Crippen LogP contribution in [0.25, 0.3) is 0 Å². The predicted octanol–water partition coefficient (Wildman–Crippen LogP) is 0.730. The van der Waals surface area contributed by atoms with E-state index >= 15 is 0 Å². The number of allylic oxidation sites excluding steroid dienone is 1. The molecule has 0 aromatic heterocycles. The van der Waals surface area contributed by atoms with Gasteiger partial charge in [-0.05, 0) is 13.0 Å². The molecule has 0 aliphatic rings. The molecule has 0 saturated heterocycles. The van der Waals surface area contributed by atoms with Crippen LogP contribution in [0.15, 0.2) is 11.8 Å². The number of methoxy groups -OCH3 is 1. The van der Waals surface area contributed by atoms with E-state index in [2.05, 4.69) is 4.74 Å². The molecule has 0 rings (SSSR count). The minimum absolute atomic E-state index is 0.142. The van der Waals surface area contributed by atoms with Crippen LogP contribution in [0.4, 0.5) is 0 Å². The topological polar surface area (TPSA) is 69.4 Å². The van der Waals surface area contributed by atoms with Gasteiger partial charge < -0.3 is 4.74 Å². The van der Waals surface area contributed by atoms with Crippen molar-refractivity contribution in [3.8, 4) is 0 Å². The van der Waals surface area contributed by atoms with Crippen molar-refractivity contribution in [3.05, 3.63) is 21.9 Å². The first-order chi connectivity index (χ1) is 5.11. The van der Waals surface area contributed by atoms with Gasteiger partial charge in [-0.15, -0.1) is 0 Å². The minimum Gasteiger partial charge on any atom is -0.469 e. The average Bonchev–Trinajstić information content (AvgIpc) is 1.99. The van der Waals surface area contributed by atoms with Crippen molar-refractivity contribution in [2.75, 3.05) is 7.11 Å². The lowest BCUT2D eigenvalue weighted by molar-refractivity contribution is -0.427. The van der Waals surface area contributed by atoms with Crippen LogP contribution < -0.4 is 0 Å². The van der Waals surface area contributed by atoms with Gasteiger partial charge in [-0.1, -0.05) is 0 Å². The molecular weight excluding hydrogens is 150 g/mol. The summed E-state index contributed by atoms with van der Waals surface area (Å²) in [4.78, 5) is 20.0. The summed E-state index contributed by atoms with van der Waals surface area (Å²) in [6, 6.07) is 0. The average molecular weight is 159 g/mol. The van der Waals surface area contributed by atoms with E-state index in [0.717, 1.165) is 0 Å². The Bertz CT molecular complexity index is 197. The third-order valence-electron chi connectivity index (χ3n) is 1.12. The number of nitro groups is 1. The lowest BCUT2D eigenvalue weighted by atomic mass is 10.3.